The zero-order valence-electron chi connectivity index (χ0n) is 14.7. The summed E-state index contributed by atoms with van der Waals surface area (Å²) in [7, 11) is 1.78. The van der Waals surface area contributed by atoms with E-state index in [1.165, 1.54) is 5.56 Å². The number of nitrogens with zero attached hydrogens (tertiary/aromatic N) is 4. The molecule has 0 bridgehead atoms. The number of nitrogens with one attached hydrogen (secondary N) is 2. The van der Waals surface area contributed by atoms with Crippen LogP contribution in [-0.2, 0) is 6.54 Å². The molecule has 0 fully saturated rings. The first-order valence-corrected chi connectivity index (χ1v) is 8.60. The van der Waals surface area contributed by atoms with E-state index in [2.05, 4.69) is 57.0 Å². The monoisotopic (exact) mass is 336 g/mol. The highest BCUT2D eigenvalue weighted by molar-refractivity contribution is 5.79. The third-order valence-electron chi connectivity index (χ3n) is 4.30. The van der Waals surface area contributed by atoms with E-state index >= 15 is 0 Å². The first-order valence-electron chi connectivity index (χ1n) is 8.60. The van der Waals surface area contributed by atoms with Gasteiger partial charge in [0.2, 0.25) is 0 Å². The average Bonchev–Trinajstić information content (AvgIpc) is 3.09. The number of aromatic nitrogens is 3. The van der Waals surface area contributed by atoms with E-state index in [0.717, 1.165) is 30.4 Å². The van der Waals surface area contributed by atoms with Gasteiger partial charge in [-0.25, -0.2) is 0 Å². The minimum atomic E-state index is 0.452. The smallest absolute Gasteiger partial charge is 0.191 e. The molecule has 0 amide bonds. The topological polar surface area (TPSA) is 66.6 Å². The molecule has 0 saturated heterocycles. The van der Waals surface area contributed by atoms with Crippen LogP contribution in [0, 0.1) is 0 Å². The van der Waals surface area contributed by atoms with Gasteiger partial charge in [0, 0.05) is 25.7 Å². The van der Waals surface area contributed by atoms with E-state index in [1.807, 2.05) is 34.9 Å². The summed E-state index contributed by atoms with van der Waals surface area (Å²) in [4.78, 5) is 4.30. The Morgan fingerprint density at radius 3 is 2.64 bits per heavy atom. The Kier molecular flexibility index (Phi) is 5.61. The predicted molar refractivity (Wildman–Crippen MR) is 101 cm³/mol. The van der Waals surface area contributed by atoms with Crippen LogP contribution in [-0.4, -0.2) is 34.2 Å². The molecule has 1 unspecified atom stereocenters. The predicted octanol–water partition coefficient (Wildman–Crippen LogP) is 2.59. The third-order valence-corrected chi connectivity index (χ3v) is 4.30. The molecule has 6 heteroatoms. The number of fused-ring (bicyclic) bond motifs is 1. The van der Waals surface area contributed by atoms with Crippen molar-refractivity contribution in [2.45, 2.75) is 25.8 Å². The molecule has 0 spiro atoms. The van der Waals surface area contributed by atoms with Gasteiger partial charge in [0.05, 0.1) is 6.54 Å². The average molecular weight is 336 g/mol. The highest BCUT2D eigenvalue weighted by Crippen LogP contribution is 2.17. The zero-order valence-corrected chi connectivity index (χ0v) is 14.7. The Morgan fingerprint density at radius 1 is 1.08 bits per heavy atom. The van der Waals surface area contributed by atoms with Crippen molar-refractivity contribution in [2.75, 3.05) is 13.6 Å². The number of guanidine groups is 1. The Labute approximate surface area is 148 Å². The maximum absolute atomic E-state index is 4.30. The molecule has 1 atom stereocenters. The molecule has 1 aromatic carbocycles. The van der Waals surface area contributed by atoms with Crippen LogP contribution in [0.2, 0.25) is 0 Å². The fraction of sp³-hybridized carbons (Fsp3) is 0.316. The Hall–Kier alpha value is -2.89. The van der Waals surface area contributed by atoms with E-state index in [9.17, 15) is 0 Å². The van der Waals surface area contributed by atoms with Gasteiger partial charge in [-0.2, -0.15) is 0 Å². The maximum atomic E-state index is 4.30. The fourth-order valence-corrected chi connectivity index (χ4v) is 2.84. The lowest BCUT2D eigenvalue weighted by molar-refractivity contribution is 0.628. The van der Waals surface area contributed by atoms with E-state index in [1.54, 1.807) is 7.05 Å². The summed E-state index contributed by atoms with van der Waals surface area (Å²) < 4.78 is 1.97. The van der Waals surface area contributed by atoms with Gasteiger partial charge in [0.25, 0.3) is 0 Å². The summed E-state index contributed by atoms with van der Waals surface area (Å²) in [6.07, 6.45) is 3.04. The van der Waals surface area contributed by atoms with Gasteiger partial charge >= 0.3 is 0 Å². The highest BCUT2D eigenvalue weighted by atomic mass is 15.3. The maximum Gasteiger partial charge on any atom is 0.191 e. The molecule has 0 aliphatic carbocycles. The van der Waals surface area contributed by atoms with Crippen molar-refractivity contribution >= 4 is 11.6 Å². The number of aliphatic imine (C=N–C) groups is 1. The molecule has 25 heavy (non-hydrogen) atoms. The van der Waals surface area contributed by atoms with Crippen LogP contribution in [0.3, 0.4) is 0 Å². The second-order valence-electron chi connectivity index (χ2n) is 5.87. The van der Waals surface area contributed by atoms with Crippen molar-refractivity contribution in [3.63, 3.8) is 0 Å². The van der Waals surface area contributed by atoms with Crippen molar-refractivity contribution in [1.82, 2.24) is 25.2 Å². The molecule has 2 N–H and O–H groups in total. The summed E-state index contributed by atoms with van der Waals surface area (Å²) in [6.45, 7) is 3.60. The number of hydrogen-bond acceptors (Lipinski definition) is 3. The molecule has 2 heterocycles. The van der Waals surface area contributed by atoms with Crippen molar-refractivity contribution in [3.05, 3.63) is 66.1 Å². The van der Waals surface area contributed by atoms with Gasteiger partial charge < -0.3 is 10.6 Å². The number of rotatable bonds is 6. The Bertz CT molecular complexity index is 824. The molecule has 0 saturated carbocycles. The molecule has 0 radical (unpaired) electrons. The van der Waals surface area contributed by atoms with Crippen LogP contribution >= 0.6 is 0 Å². The van der Waals surface area contributed by atoms with Crippen LogP contribution in [0.25, 0.3) is 5.65 Å². The van der Waals surface area contributed by atoms with Crippen molar-refractivity contribution in [1.29, 1.82) is 0 Å². The van der Waals surface area contributed by atoms with E-state index in [4.69, 9.17) is 0 Å². The summed E-state index contributed by atoms with van der Waals surface area (Å²) in [5.74, 6) is 2.07. The van der Waals surface area contributed by atoms with Gasteiger partial charge in [-0.15, -0.1) is 10.2 Å². The van der Waals surface area contributed by atoms with Crippen LogP contribution < -0.4 is 10.6 Å². The molecule has 2 aromatic heterocycles. The van der Waals surface area contributed by atoms with E-state index < -0.39 is 0 Å². The zero-order chi connectivity index (χ0) is 17.5. The highest BCUT2D eigenvalue weighted by Gasteiger charge is 2.10. The van der Waals surface area contributed by atoms with Gasteiger partial charge in [-0.1, -0.05) is 43.3 Å². The first-order chi connectivity index (χ1) is 12.3. The Balaban J connectivity index is 1.58. The molecular weight excluding hydrogens is 312 g/mol. The van der Waals surface area contributed by atoms with Crippen LogP contribution in [0.4, 0.5) is 0 Å². The van der Waals surface area contributed by atoms with E-state index in [0.29, 0.717) is 12.5 Å². The molecule has 3 aromatic rings. The first kappa shape index (κ1) is 17.0. The molecular formula is C19H24N6. The molecule has 0 aliphatic heterocycles. The summed E-state index contributed by atoms with van der Waals surface area (Å²) in [5, 5.41) is 15.1. The van der Waals surface area contributed by atoms with Gasteiger partial charge in [0.15, 0.2) is 17.4 Å². The van der Waals surface area contributed by atoms with Crippen molar-refractivity contribution in [3.8, 4) is 0 Å². The Morgan fingerprint density at radius 2 is 1.88 bits per heavy atom. The molecule has 3 rings (SSSR count). The lowest BCUT2D eigenvalue weighted by atomic mass is 9.97. The van der Waals surface area contributed by atoms with Crippen LogP contribution in [0.5, 0.6) is 0 Å². The summed E-state index contributed by atoms with van der Waals surface area (Å²) in [6, 6.07) is 16.4. The second-order valence-corrected chi connectivity index (χ2v) is 5.87. The summed E-state index contributed by atoms with van der Waals surface area (Å²) in [5.41, 5.74) is 2.19. The normalized spacial score (nSPS) is 13.0. The molecule has 6 nitrogen and oxygen atoms in total. The number of benzene rings is 1. The third kappa shape index (κ3) is 4.15. The van der Waals surface area contributed by atoms with Crippen molar-refractivity contribution < 1.29 is 0 Å². The van der Waals surface area contributed by atoms with Crippen LogP contribution in [0.1, 0.15) is 30.7 Å². The van der Waals surface area contributed by atoms with Gasteiger partial charge in [-0.05, 0) is 24.1 Å². The van der Waals surface area contributed by atoms with Crippen LogP contribution in [0.15, 0.2) is 59.7 Å². The lowest BCUT2D eigenvalue weighted by Crippen LogP contribution is -2.39. The van der Waals surface area contributed by atoms with Gasteiger partial charge in [0.1, 0.15) is 0 Å². The molecule has 0 aliphatic rings. The minimum Gasteiger partial charge on any atom is -0.356 e. The summed E-state index contributed by atoms with van der Waals surface area (Å²) >= 11 is 0. The van der Waals surface area contributed by atoms with Gasteiger partial charge in [-0.3, -0.25) is 9.39 Å². The fourth-order valence-electron chi connectivity index (χ4n) is 2.84. The largest absolute Gasteiger partial charge is 0.356 e. The molecule has 130 valence electrons. The SMILES string of the molecule is CCC(CNC(=NC)NCc1nnc2ccccn12)c1ccccc1. The number of pyridine rings is 1. The standard InChI is InChI=1S/C19H24N6/c1-3-15(16-9-5-4-6-10-16)13-21-19(20-2)22-14-18-24-23-17-11-7-8-12-25(17)18/h4-12,15H,3,13-14H2,1-2H3,(H2,20,21,22). The number of hydrogen-bond donors (Lipinski definition) is 2. The van der Waals surface area contributed by atoms with E-state index in [-0.39, 0.29) is 0 Å². The second kappa shape index (κ2) is 8.28. The lowest BCUT2D eigenvalue weighted by Gasteiger charge is -2.18. The quantitative estimate of drug-likeness (QED) is 0.536. The van der Waals surface area contributed by atoms with Crippen molar-refractivity contribution in [2.24, 2.45) is 4.99 Å². The minimum absolute atomic E-state index is 0.452.